The number of rotatable bonds is 6. The van der Waals surface area contributed by atoms with E-state index in [2.05, 4.69) is 15.5 Å². The van der Waals surface area contributed by atoms with Crippen LogP contribution >= 0.6 is 12.2 Å². The molecule has 176 valence electrons. The van der Waals surface area contributed by atoms with E-state index in [1.807, 2.05) is 56.9 Å². The van der Waals surface area contributed by atoms with Crippen LogP contribution in [0.4, 0.5) is 11.4 Å². The third-order valence-electron chi connectivity index (χ3n) is 5.29. The molecule has 0 aliphatic carbocycles. The van der Waals surface area contributed by atoms with E-state index >= 15 is 0 Å². The summed E-state index contributed by atoms with van der Waals surface area (Å²) < 4.78 is 5.60. The second-order valence-electron chi connectivity index (χ2n) is 8.61. The molecule has 1 heterocycles. The summed E-state index contributed by atoms with van der Waals surface area (Å²) >= 11 is 5.30. The van der Waals surface area contributed by atoms with Crippen LogP contribution in [0.3, 0.4) is 0 Å². The highest BCUT2D eigenvalue weighted by molar-refractivity contribution is 7.80. The number of ether oxygens (including phenoxy) is 1. The third kappa shape index (κ3) is 6.92. The van der Waals surface area contributed by atoms with E-state index in [-0.39, 0.29) is 28.9 Å². The van der Waals surface area contributed by atoms with Crippen molar-refractivity contribution in [2.24, 2.45) is 5.92 Å². The summed E-state index contributed by atoms with van der Waals surface area (Å²) in [5.74, 6) is 0.679. The Morgan fingerprint density at radius 3 is 2.06 bits per heavy atom. The van der Waals surface area contributed by atoms with Gasteiger partial charge in [0.2, 0.25) is 5.91 Å². The molecule has 2 N–H and O–H groups in total. The van der Waals surface area contributed by atoms with Gasteiger partial charge in [0.1, 0.15) is 5.75 Å². The van der Waals surface area contributed by atoms with Crippen LogP contribution in [0.2, 0.25) is 0 Å². The number of hydrogen-bond acceptors (Lipinski definition) is 5. The number of amides is 2. The van der Waals surface area contributed by atoms with Crippen molar-refractivity contribution in [3.63, 3.8) is 0 Å². The van der Waals surface area contributed by atoms with Crippen LogP contribution in [0.15, 0.2) is 48.5 Å². The molecule has 1 fully saturated rings. The smallest absolute Gasteiger partial charge is 0.257 e. The standard InChI is InChI=1S/C25H32N4O3S/c1-17(2)24(31)29-15-13-28(14-16-29)21-9-7-20(8-10-21)26-25(33)27-23(30)19-5-11-22(12-6-19)32-18(3)4/h5-12,17-18H,13-16H2,1-4H3,(H2,26,27,30,33). The van der Waals surface area contributed by atoms with Crippen LogP contribution in [0.5, 0.6) is 5.75 Å². The molecule has 33 heavy (non-hydrogen) atoms. The van der Waals surface area contributed by atoms with Gasteiger partial charge in [-0.25, -0.2) is 0 Å². The monoisotopic (exact) mass is 468 g/mol. The number of carbonyl (C=O) groups excluding carboxylic acids is 2. The van der Waals surface area contributed by atoms with Crippen LogP contribution in [0, 0.1) is 5.92 Å². The normalized spacial score (nSPS) is 13.8. The molecule has 3 rings (SSSR count). The lowest BCUT2D eigenvalue weighted by Gasteiger charge is -2.37. The molecule has 0 spiro atoms. The number of nitrogens with one attached hydrogen (secondary N) is 2. The molecule has 0 aromatic heterocycles. The molecule has 2 aromatic rings. The van der Waals surface area contributed by atoms with Crippen molar-refractivity contribution in [2.75, 3.05) is 36.4 Å². The van der Waals surface area contributed by atoms with Crippen molar-refractivity contribution < 1.29 is 14.3 Å². The Kier molecular flexibility index (Phi) is 8.27. The Balaban J connectivity index is 1.49. The predicted octanol–water partition coefficient (Wildman–Crippen LogP) is 3.91. The van der Waals surface area contributed by atoms with Crippen molar-refractivity contribution >= 4 is 40.5 Å². The maximum absolute atomic E-state index is 12.4. The molecular formula is C25H32N4O3S. The largest absolute Gasteiger partial charge is 0.491 e. The SMILES string of the molecule is CC(C)Oc1ccc(C(=O)NC(=S)Nc2ccc(N3CCN(C(=O)C(C)C)CC3)cc2)cc1. The Morgan fingerprint density at radius 1 is 0.909 bits per heavy atom. The molecule has 7 nitrogen and oxygen atoms in total. The lowest BCUT2D eigenvalue weighted by Crippen LogP contribution is -2.49. The number of benzene rings is 2. The van der Waals surface area contributed by atoms with Gasteiger partial charge in [0.15, 0.2) is 5.11 Å². The minimum atomic E-state index is -0.283. The van der Waals surface area contributed by atoms with E-state index in [1.54, 1.807) is 24.3 Å². The molecule has 0 bridgehead atoms. The van der Waals surface area contributed by atoms with E-state index in [1.165, 1.54) is 0 Å². The molecule has 0 radical (unpaired) electrons. The van der Waals surface area contributed by atoms with E-state index in [9.17, 15) is 9.59 Å². The van der Waals surface area contributed by atoms with Gasteiger partial charge >= 0.3 is 0 Å². The quantitative estimate of drug-likeness (QED) is 0.627. The fraction of sp³-hybridized carbons (Fsp3) is 0.400. The number of piperazine rings is 1. The average Bonchev–Trinajstić information content (AvgIpc) is 2.79. The van der Waals surface area contributed by atoms with Crippen molar-refractivity contribution in [2.45, 2.75) is 33.8 Å². The second-order valence-corrected chi connectivity index (χ2v) is 9.02. The summed E-state index contributed by atoms with van der Waals surface area (Å²) in [7, 11) is 0. The fourth-order valence-electron chi connectivity index (χ4n) is 3.60. The van der Waals surface area contributed by atoms with Gasteiger partial charge < -0.3 is 19.9 Å². The van der Waals surface area contributed by atoms with Crippen LogP contribution in [0.1, 0.15) is 38.1 Å². The van der Waals surface area contributed by atoms with Gasteiger partial charge in [0, 0.05) is 49.0 Å². The molecule has 0 unspecified atom stereocenters. The van der Waals surface area contributed by atoms with Crippen LogP contribution < -0.4 is 20.3 Å². The lowest BCUT2D eigenvalue weighted by molar-refractivity contribution is -0.134. The highest BCUT2D eigenvalue weighted by Gasteiger charge is 2.22. The van der Waals surface area contributed by atoms with E-state index in [0.29, 0.717) is 5.56 Å². The van der Waals surface area contributed by atoms with Crippen LogP contribution in [0.25, 0.3) is 0 Å². The third-order valence-corrected chi connectivity index (χ3v) is 5.50. The molecule has 0 saturated carbocycles. The van der Waals surface area contributed by atoms with Gasteiger partial charge in [0.25, 0.3) is 5.91 Å². The van der Waals surface area contributed by atoms with Gasteiger partial charge in [-0.05, 0) is 74.6 Å². The van der Waals surface area contributed by atoms with Crippen molar-refractivity contribution in [3.8, 4) is 5.75 Å². The summed E-state index contributed by atoms with van der Waals surface area (Å²) in [6.07, 6.45) is 0.0755. The van der Waals surface area contributed by atoms with E-state index in [0.717, 1.165) is 43.3 Å². The summed E-state index contributed by atoms with van der Waals surface area (Å²) in [5, 5.41) is 5.98. The first-order valence-corrected chi connectivity index (χ1v) is 11.7. The summed E-state index contributed by atoms with van der Waals surface area (Å²) in [6, 6.07) is 14.8. The van der Waals surface area contributed by atoms with Crippen molar-refractivity contribution in [1.82, 2.24) is 10.2 Å². The zero-order chi connectivity index (χ0) is 24.0. The van der Waals surface area contributed by atoms with Crippen molar-refractivity contribution in [1.29, 1.82) is 0 Å². The molecule has 0 atom stereocenters. The molecular weight excluding hydrogens is 436 g/mol. The lowest BCUT2D eigenvalue weighted by atomic mass is 10.1. The number of carbonyl (C=O) groups is 2. The summed E-state index contributed by atoms with van der Waals surface area (Å²) in [4.78, 5) is 28.8. The molecule has 2 amide bonds. The molecule has 2 aromatic carbocycles. The highest BCUT2D eigenvalue weighted by Crippen LogP contribution is 2.20. The first kappa shape index (κ1) is 24.5. The van der Waals surface area contributed by atoms with Gasteiger partial charge in [-0.15, -0.1) is 0 Å². The fourth-order valence-corrected chi connectivity index (χ4v) is 3.81. The zero-order valence-corrected chi connectivity index (χ0v) is 20.4. The van der Waals surface area contributed by atoms with Gasteiger partial charge in [0.05, 0.1) is 6.10 Å². The Bertz CT molecular complexity index is 966. The number of anilines is 2. The van der Waals surface area contributed by atoms with Crippen molar-refractivity contribution in [3.05, 3.63) is 54.1 Å². The number of thiocarbonyl (C=S) groups is 1. The van der Waals surface area contributed by atoms with Crippen LogP contribution in [-0.4, -0.2) is 54.1 Å². The molecule has 8 heteroatoms. The first-order chi connectivity index (χ1) is 15.7. The average molecular weight is 469 g/mol. The Morgan fingerprint density at radius 2 is 1.52 bits per heavy atom. The first-order valence-electron chi connectivity index (χ1n) is 11.3. The Labute approximate surface area is 201 Å². The zero-order valence-electron chi connectivity index (χ0n) is 19.6. The number of nitrogens with zero attached hydrogens (tertiary/aromatic N) is 2. The topological polar surface area (TPSA) is 73.9 Å². The highest BCUT2D eigenvalue weighted by atomic mass is 32.1. The Hall–Kier alpha value is -3.13. The van der Waals surface area contributed by atoms with Gasteiger partial charge in [-0.2, -0.15) is 0 Å². The van der Waals surface area contributed by atoms with Crippen LogP contribution in [-0.2, 0) is 4.79 Å². The predicted molar refractivity (Wildman–Crippen MR) is 136 cm³/mol. The van der Waals surface area contributed by atoms with E-state index in [4.69, 9.17) is 17.0 Å². The molecule has 1 aliphatic rings. The molecule has 1 saturated heterocycles. The maximum Gasteiger partial charge on any atom is 0.257 e. The van der Waals surface area contributed by atoms with Gasteiger partial charge in [-0.1, -0.05) is 13.8 Å². The van der Waals surface area contributed by atoms with E-state index < -0.39 is 0 Å². The summed E-state index contributed by atoms with van der Waals surface area (Å²) in [6.45, 7) is 10.9. The maximum atomic E-state index is 12.4. The second kappa shape index (κ2) is 11.1. The number of hydrogen-bond donors (Lipinski definition) is 2. The minimum absolute atomic E-state index is 0.0319. The minimum Gasteiger partial charge on any atom is -0.491 e. The summed E-state index contributed by atoms with van der Waals surface area (Å²) in [5.41, 5.74) is 2.38. The molecule has 1 aliphatic heterocycles. The van der Waals surface area contributed by atoms with Gasteiger partial charge in [-0.3, -0.25) is 14.9 Å².